The van der Waals surface area contributed by atoms with Crippen LogP contribution in [0, 0.1) is 0 Å². The van der Waals surface area contributed by atoms with E-state index in [2.05, 4.69) is 24.3 Å². The highest BCUT2D eigenvalue weighted by atomic mass is 16.3. The quantitative estimate of drug-likeness (QED) is 0.157. The van der Waals surface area contributed by atoms with Crippen LogP contribution in [0.5, 0.6) is 23.0 Å². The van der Waals surface area contributed by atoms with Crippen molar-refractivity contribution in [2.24, 2.45) is 0 Å². The molecule has 4 heteroatoms. The average Bonchev–Trinajstić information content (AvgIpc) is 3.02. The van der Waals surface area contributed by atoms with Crippen LogP contribution in [0.25, 0.3) is 22.3 Å². The van der Waals surface area contributed by atoms with E-state index in [1.807, 2.05) is 55.5 Å². The third-order valence-electron chi connectivity index (χ3n) is 9.04. The maximum absolute atomic E-state index is 11.4. The summed E-state index contributed by atoms with van der Waals surface area (Å²) in [5, 5.41) is 42.5. The molecule has 0 bridgehead atoms. The maximum Gasteiger partial charge on any atom is 0.120 e. The van der Waals surface area contributed by atoms with Gasteiger partial charge in [-0.2, -0.15) is 0 Å². The Bertz CT molecular complexity index is 1580. The fourth-order valence-electron chi connectivity index (χ4n) is 6.52. The molecule has 4 N–H and O–H groups in total. The van der Waals surface area contributed by atoms with Gasteiger partial charge in [-0.25, -0.2) is 0 Å². The van der Waals surface area contributed by atoms with Crippen molar-refractivity contribution in [2.45, 2.75) is 50.4 Å². The summed E-state index contributed by atoms with van der Waals surface area (Å²) in [4.78, 5) is 0. The largest absolute Gasteiger partial charge is 0.508 e. The minimum atomic E-state index is -0.918. The van der Waals surface area contributed by atoms with Crippen LogP contribution in [-0.2, 0) is 5.41 Å². The number of aromatic hydroxyl groups is 4. The minimum absolute atomic E-state index is 0.130. The second-order valence-electron chi connectivity index (χ2n) is 11.6. The van der Waals surface area contributed by atoms with Crippen molar-refractivity contribution in [3.8, 4) is 45.3 Å². The Labute approximate surface area is 247 Å². The fraction of sp³-hybridized carbons (Fsp3) is 0.211. The van der Waals surface area contributed by atoms with Crippen LogP contribution >= 0.6 is 0 Å². The molecule has 212 valence electrons. The molecule has 0 aliphatic heterocycles. The van der Waals surface area contributed by atoms with E-state index < -0.39 is 5.41 Å². The number of benzene rings is 5. The van der Waals surface area contributed by atoms with E-state index >= 15 is 0 Å². The van der Waals surface area contributed by atoms with Crippen LogP contribution in [-0.4, -0.2) is 20.4 Å². The first-order valence-corrected chi connectivity index (χ1v) is 14.7. The summed E-state index contributed by atoms with van der Waals surface area (Å²) in [6, 6.07) is 33.8. The maximum atomic E-state index is 11.4. The summed E-state index contributed by atoms with van der Waals surface area (Å²) < 4.78 is 0. The standard InChI is InChI=1S/C38H36O4/c1-38(31-15-7-26(8-16-31)25-5-3-2-4-6-25,34-23-29(13-21-36(34)41)27-9-17-32(39)18-10-27)35-24-30(14-22-37(35)42)28-11-19-33(40)20-12-28/h7-25,39-42H,2-6H2,1H3. The Hall–Kier alpha value is -4.70. The van der Waals surface area contributed by atoms with E-state index in [9.17, 15) is 20.4 Å². The molecular formula is C38H36O4. The van der Waals surface area contributed by atoms with Crippen molar-refractivity contribution in [3.63, 3.8) is 0 Å². The molecule has 0 unspecified atom stereocenters. The normalized spacial score (nSPS) is 14.1. The molecule has 4 nitrogen and oxygen atoms in total. The SMILES string of the molecule is CC(c1ccc(C2CCCCC2)cc1)(c1cc(-c2ccc(O)cc2)ccc1O)c1cc(-c2ccc(O)cc2)ccc1O. The van der Waals surface area contributed by atoms with E-state index in [4.69, 9.17) is 0 Å². The van der Waals surface area contributed by atoms with E-state index in [1.54, 1.807) is 36.4 Å². The van der Waals surface area contributed by atoms with Gasteiger partial charge in [-0.05, 0) is 108 Å². The molecule has 0 aromatic heterocycles. The molecule has 5 aromatic rings. The second kappa shape index (κ2) is 11.3. The van der Waals surface area contributed by atoms with Gasteiger partial charge in [-0.1, -0.05) is 79.9 Å². The summed E-state index contributed by atoms with van der Waals surface area (Å²) in [7, 11) is 0. The predicted octanol–water partition coefficient (Wildman–Crippen LogP) is 9.24. The van der Waals surface area contributed by atoms with E-state index in [0.29, 0.717) is 17.0 Å². The summed E-state index contributed by atoms with van der Waals surface area (Å²) >= 11 is 0. The lowest BCUT2D eigenvalue weighted by Crippen LogP contribution is -2.26. The highest BCUT2D eigenvalue weighted by Gasteiger charge is 2.37. The van der Waals surface area contributed by atoms with Crippen LogP contribution in [0.3, 0.4) is 0 Å². The van der Waals surface area contributed by atoms with Crippen molar-refractivity contribution >= 4 is 0 Å². The van der Waals surface area contributed by atoms with Gasteiger partial charge in [-0.3, -0.25) is 0 Å². The molecule has 5 aromatic carbocycles. The van der Waals surface area contributed by atoms with Crippen LogP contribution in [0.1, 0.15) is 67.2 Å². The molecule has 1 aliphatic carbocycles. The smallest absolute Gasteiger partial charge is 0.120 e. The van der Waals surface area contributed by atoms with Crippen LogP contribution in [0.4, 0.5) is 0 Å². The van der Waals surface area contributed by atoms with Crippen molar-refractivity contribution in [3.05, 3.63) is 131 Å². The molecule has 1 aliphatic rings. The van der Waals surface area contributed by atoms with Gasteiger partial charge in [-0.15, -0.1) is 0 Å². The number of rotatable bonds is 6. The Kier molecular flexibility index (Phi) is 7.38. The molecule has 1 fully saturated rings. The van der Waals surface area contributed by atoms with Gasteiger partial charge in [0, 0.05) is 16.5 Å². The highest BCUT2D eigenvalue weighted by molar-refractivity contribution is 5.72. The van der Waals surface area contributed by atoms with Crippen molar-refractivity contribution in [2.75, 3.05) is 0 Å². The summed E-state index contributed by atoms with van der Waals surface area (Å²) in [6.45, 7) is 2.05. The van der Waals surface area contributed by atoms with Crippen LogP contribution < -0.4 is 0 Å². The third kappa shape index (κ3) is 5.21. The molecule has 0 amide bonds. The molecule has 0 atom stereocenters. The first-order chi connectivity index (χ1) is 20.3. The molecule has 42 heavy (non-hydrogen) atoms. The van der Waals surface area contributed by atoms with Crippen molar-refractivity contribution in [1.82, 2.24) is 0 Å². The van der Waals surface area contributed by atoms with Crippen molar-refractivity contribution in [1.29, 1.82) is 0 Å². The van der Waals surface area contributed by atoms with Crippen molar-refractivity contribution < 1.29 is 20.4 Å². The van der Waals surface area contributed by atoms with Gasteiger partial charge in [0.1, 0.15) is 23.0 Å². The Morgan fingerprint density at radius 1 is 0.500 bits per heavy atom. The Balaban J connectivity index is 1.54. The topological polar surface area (TPSA) is 80.9 Å². The molecule has 0 heterocycles. The van der Waals surface area contributed by atoms with Crippen LogP contribution in [0.2, 0.25) is 0 Å². The lowest BCUT2D eigenvalue weighted by molar-refractivity contribution is 0.440. The van der Waals surface area contributed by atoms with E-state index in [1.165, 1.54) is 37.7 Å². The number of phenolic OH excluding ortho intramolecular Hbond substituents is 4. The summed E-state index contributed by atoms with van der Waals surface area (Å²) in [5.74, 6) is 1.21. The van der Waals surface area contributed by atoms with Crippen LogP contribution in [0.15, 0.2) is 109 Å². The molecular weight excluding hydrogens is 520 g/mol. The fourth-order valence-corrected chi connectivity index (χ4v) is 6.52. The summed E-state index contributed by atoms with van der Waals surface area (Å²) in [6.07, 6.45) is 6.25. The number of phenols is 4. The molecule has 6 rings (SSSR count). The van der Waals surface area contributed by atoms with Gasteiger partial charge in [0.15, 0.2) is 0 Å². The average molecular weight is 557 g/mol. The van der Waals surface area contributed by atoms with Gasteiger partial charge < -0.3 is 20.4 Å². The summed E-state index contributed by atoms with van der Waals surface area (Å²) in [5.41, 5.74) is 6.30. The van der Waals surface area contributed by atoms with Gasteiger partial charge >= 0.3 is 0 Å². The molecule has 0 spiro atoms. The van der Waals surface area contributed by atoms with Gasteiger partial charge in [0.25, 0.3) is 0 Å². The highest BCUT2D eigenvalue weighted by Crippen LogP contribution is 2.48. The molecule has 0 radical (unpaired) electrons. The Morgan fingerprint density at radius 3 is 1.38 bits per heavy atom. The molecule has 1 saturated carbocycles. The van der Waals surface area contributed by atoms with Gasteiger partial charge in [0.05, 0.1) is 0 Å². The lowest BCUT2D eigenvalue weighted by Gasteiger charge is -2.34. The van der Waals surface area contributed by atoms with E-state index in [0.717, 1.165) is 27.8 Å². The second-order valence-corrected chi connectivity index (χ2v) is 11.6. The number of hydrogen-bond donors (Lipinski definition) is 4. The Morgan fingerprint density at radius 2 is 0.929 bits per heavy atom. The van der Waals surface area contributed by atoms with E-state index in [-0.39, 0.29) is 23.0 Å². The zero-order valence-electron chi connectivity index (χ0n) is 23.8. The lowest BCUT2D eigenvalue weighted by atomic mass is 9.69. The minimum Gasteiger partial charge on any atom is -0.508 e. The number of hydrogen-bond acceptors (Lipinski definition) is 4. The molecule has 0 saturated heterocycles. The zero-order valence-corrected chi connectivity index (χ0v) is 23.8. The first kappa shape index (κ1) is 27.5. The zero-order chi connectivity index (χ0) is 29.3. The van der Waals surface area contributed by atoms with Gasteiger partial charge in [0.2, 0.25) is 0 Å². The predicted molar refractivity (Wildman–Crippen MR) is 168 cm³/mol. The monoisotopic (exact) mass is 556 g/mol. The first-order valence-electron chi connectivity index (χ1n) is 14.7. The third-order valence-corrected chi connectivity index (χ3v) is 9.04.